The number of nitrogens with zero attached hydrogens (tertiary/aromatic N) is 2. The summed E-state index contributed by atoms with van der Waals surface area (Å²) in [5.41, 5.74) is 6.00. The zero-order valence-corrected chi connectivity index (χ0v) is 10.9. The maximum atomic E-state index is 12.8. The van der Waals surface area contributed by atoms with E-state index < -0.39 is 11.7 Å². The Balaban J connectivity index is 2.38. The lowest BCUT2D eigenvalue weighted by Gasteiger charge is -2.14. The molecular formula is C13H13F3N4. The van der Waals surface area contributed by atoms with Crippen molar-refractivity contribution in [3.63, 3.8) is 0 Å². The first-order valence-electron chi connectivity index (χ1n) is 5.81. The van der Waals surface area contributed by atoms with E-state index in [1.54, 1.807) is 13.0 Å². The number of alkyl halides is 3. The molecule has 0 bridgehead atoms. The van der Waals surface area contributed by atoms with Crippen molar-refractivity contribution in [2.24, 2.45) is 0 Å². The van der Waals surface area contributed by atoms with Crippen LogP contribution in [-0.4, -0.2) is 9.97 Å². The molecule has 106 valence electrons. The van der Waals surface area contributed by atoms with Crippen LogP contribution in [0.3, 0.4) is 0 Å². The van der Waals surface area contributed by atoms with Gasteiger partial charge in [-0.3, -0.25) is 0 Å². The predicted molar refractivity (Wildman–Crippen MR) is 70.6 cm³/mol. The average molecular weight is 282 g/mol. The molecule has 0 radical (unpaired) electrons. The number of anilines is 3. The quantitative estimate of drug-likeness (QED) is 0.885. The van der Waals surface area contributed by atoms with Gasteiger partial charge in [0.2, 0.25) is 0 Å². The van der Waals surface area contributed by atoms with Crippen molar-refractivity contribution in [2.45, 2.75) is 20.0 Å². The van der Waals surface area contributed by atoms with Gasteiger partial charge in [0.1, 0.15) is 18.0 Å². The number of hydrogen-bond acceptors (Lipinski definition) is 4. The van der Waals surface area contributed by atoms with Crippen molar-refractivity contribution < 1.29 is 13.2 Å². The van der Waals surface area contributed by atoms with Crippen LogP contribution in [0, 0.1) is 13.8 Å². The molecule has 0 spiro atoms. The van der Waals surface area contributed by atoms with Crippen LogP contribution in [0.25, 0.3) is 0 Å². The standard InChI is InChI=1S/C13H13F3N4/c1-7-3-4-9(5-10(7)13(14,15)16)20-12-8(2)11(17)18-6-19-12/h3-6H,1-2H3,(H3,17,18,19,20). The smallest absolute Gasteiger partial charge is 0.383 e. The number of aromatic nitrogens is 2. The van der Waals surface area contributed by atoms with E-state index in [0.29, 0.717) is 17.1 Å². The summed E-state index contributed by atoms with van der Waals surface area (Å²) in [6.45, 7) is 3.11. The Morgan fingerprint density at radius 1 is 1.15 bits per heavy atom. The average Bonchev–Trinajstić information content (AvgIpc) is 2.36. The summed E-state index contributed by atoms with van der Waals surface area (Å²) in [6.07, 6.45) is -3.13. The van der Waals surface area contributed by atoms with Crippen molar-refractivity contribution in [1.29, 1.82) is 0 Å². The highest BCUT2D eigenvalue weighted by Crippen LogP contribution is 2.34. The molecule has 0 atom stereocenters. The summed E-state index contributed by atoms with van der Waals surface area (Å²) in [7, 11) is 0. The molecule has 0 saturated carbocycles. The van der Waals surface area contributed by atoms with Gasteiger partial charge in [0.25, 0.3) is 0 Å². The van der Waals surface area contributed by atoms with E-state index in [2.05, 4.69) is 15.3 Å². The zero-order chi connectivity index (χ0) is 14.9. The van der Waals surface area contributed by atoms with E-state index in [4.69, 9.17) is 5.73 Å². The van der Waals surface area contributed by atoms with Crippen LogP contribution < -0.4 is 11.1 Å². The third-order valence-corrected chi connectivity index (χ3v) is 2.93. The maximum Gasteiger partial charge on any atom is 0.416 e. The van der Waals surface area contributed by atoms with Gasteiger partial charge in [-0.05, 0) is 31.5 Å². The minimum absolute atomic E-state index is 0.168. The first kappa shape index (κ1) is 14.1. The van der Waals surface area contributed by atoms with Gasteiger partial charge >= 0.3 is 6.18 Å². The van der Waals surface area contributed by atoms with Crippen LogP contribution >= 0.6 is 0 Å². The predicted octanol–water partition coefficient (Wildman–Crippen LogP) is 3.44. The van der Waals surface area contributed by atoms with Crippen LogP contribution in [0.4, 0.5) is 30.5 Å². The Morgan fingerprint density at radius 3 is 2.50 bits per heavy atom. The molecule has 20 heavy (non-hydrogen) atoms. The second-order valence-electron chi connectivity index (χ2n) is 4.38. The number of benzene rings is 1. The lowest BCUT2D eigenvalue weighted by molar-refractivity contribution is -0.138. The van der Waals surface area contributed by atoms with Crippen molar-refractivity contribution in [1.82, 2.24) is 9.97 Å². The van der Waals surface area contributed by atoms with E-state index in [-0.39, 0.29) is 11.4 Å². The molecule has 2 rings (SSSR count). The largest absolute Gasteiger partial charge is 0.416 e. The van der Waals surface area contributed by atoms with E-state index >= 15 is 0 Å². The number of rotatable bonds is 2. The van der Waals surface area contributed by atoms with Crippen LogP contribution in [0.1, 0.15) is 16.7 Å². The number of nitrogens with one attached hydrogen (secondary N) is 1. The Bertz CT molecular complexity index is 638. The van der Waals surface area contributed by atoms with Crippen LogP contribution in [0.2, 0.25) is 0 Å². The van der Waals surface area contributed by atoms with Gasteiger partial charge in [-0.25, -0.2) is 9.97 Å². The molecule has 7 heteroatoms. The molecule has 0 aliphatic carbocycles. The van der Waals surface area contributed by atoms with Gasteiger partial charge in [-0.15, -0.1) is 0 Å². The van der Waals surface area contributed by atoms with Crippen LogP contribution in [0.5, 0.6) is 0 Å². The Kier molecular flexibility index (Phi) is 3.52. The Hall–Kier alpha value is -2.31. The summed E-state index contributed by atoms with van der Waals surface area (Å²) < 4.78 is 38.5. The van der Waals surface area contributed by atoms with Gasteiger partial charge in [-0.2, -0.15) is 13.2 Å². The molecule has 1 heterocycles. The van der Waals surface area contributed by atoms with Crippen molar-refractivity contribution >= 4 is 17.3 Å². The minimum atomic E-state index is -4.39. The fourth-order valence-corrected chi connectivity index (χ4v) is 1.73. The SMILES string of the molecule is Cc1ccc(Nc2ncnc(N)c2C)cc1C(F)(F)F. The van der Waals surface area contributed by atoms with E-state index in [1.807, 2.05) is 0 Å². The summed E-state index contributed by atoms with van der Waals surface area (Å²) >= 11 is 0. The molecule has 0 amide bonds. The van der Waals surface area contributed by atoms with Crippen molar-refractivity contribution in [3.05, 3.63) is 41.2 Å². The molecule has 0 fully saturated rings. The molecule has 0 saturated heterocycles. The van der Waals surface area contributed by atoms with Gasteiger partial charge in [0, 0.05) is 11.3 Å². The van der Waals surface area contributed by atoms with Gasteiger partial charge < -0.3 is 11.1 Å². The van der Waals surface area contributed by atoms with Crippen LogP contribution in [-0.2, 0) is 6.18 Å². The third-order valence-electron chi connectivity index (χ3n) is 2.93. The molecule has 1 aromatic carbocycles. The van der Waals surface area contributed by atoms with Crippen molar-refractivity contribution in [3.8, 4) is 0 Å². The monoisotopic (exact) mass is 282 g/mol. The van der Waals surface area contributed by atoms with Crippen molar-refractivity contribution in [2.75, 3.05) is 11.1 Å². The van der Waals surface area contributed by atoms with E-state index in [0.717, 1.165) is 6.07 Å². The maximum absolute atomic E-state index is 12.8. The van der Waals surface area contributed by atoms with E-state index in [1.165, 1.54) is 19.3 Å². The van der Waals surface area contributed by atoms with Gasteiger partial charge in [0.15, 0.2) is 0 Å². The molecule has 2 aromatic rings. The lowest BCUT2D eigenvalue weighted by Crippen LogP contribution is -2.08. The second kappa shape index (κ2) is 4.99. The highest BCUT2D eigenvalue weighted by molar-refractivity contribution is 5.64. The molecule has 4 nitrogen and oxygen atoms in total. The van der Waals surface area contributed by atoms with Crippen LogP contribution in [0.15, 0.2) is 24.5 Å². The fraction of sp³-hybridized carbons (Fsp3) is 0.231. The molecule has 0 unspecified atom stereocenters. The Labute approximate surface area is 113 Å². The Morgan fingerprint density at radius 2 is 1.85 bits per heavy atom. The normalized spacial score (nSPS) is 11.4. The molecule has 1 aromatic heterocycles. The van der Waals surface area contributed by atoms with E-state index in [9.17, 15) is 13.2 Å². The highest BCUT2D eigenvalue weighted by Gasteiger charge is 2.32. The topological polar surface area (TPSA) is 63.8 Å². The highest BCUT2D eigenvalue weighted by atomic mass is 19.4. The number of halogens is 3. The molecular weight excluding hydrogens is 269 g/mol. The summed E-state index contributed by atoms with van der Waals surface area (Å²) in [5.74, 6) is 0.667. The first-order chi connectivity index (χ1) is 9.29. The minimum Gasteiger partial charge on any atom is -0.383 e. The zero-order valence-electron chi connectivity index (χ0n) is 10.9. The summed E-state index contributed by atoms with van der Waals surface area (Å²) in [5, 5.41) is 2.82. The second-order valence-corrected chi connectivity index (χ2v) is 4.38. The molecule has 3 N–H and O–H groups in total. The lowest BCUT2D eigenvalue weighted by atomic mass is 10.1. The number of hydrogen-bond donors (Lipinski definition) is 2. The molecule has 0 aliphatic rings. The third kappa shape index (κ3) is 2.81. The number of aryl methyl sites for hydroxylation is 1. The summed E-state index contributed by atoms with van der Waals surface area (Å²) in [4.78, 5) is 7.76. The van der Waals surface area contributed by atoms with Gasteiger partial charge in [-0.1, -0.05) is 6.07 Å². The summed E-state index contributed by atoms with van der Waals surface area (Å²) in [6, 6.07) is 4.01. The molecule has 0 aliphatic heterocycles. The number of nitrogen functional groups attached to an aromatic ring is 1. The first-order valence-corrected chi connectivity index (χ1v) is 5.81. The fourth-order valence-electron chi connectivity index (χ4n) is 1.73. The number of nitrogens with two attached hydrogens (primary N) is 1. The van der Waals surface area contributed by atoms with Gasteiger partial charge in [0.05, 0.1) is 5.56 Å².